The zero-order valence-electron chi connectivity index (χ0n) is 14.3. The summed E-state index contributed by atoms with van der Waals surface area (Å²) < 4.78 is 26.6. The molecule has 2 atom stereocenters. The Morgan fingerprint density at radius 3 is 2.68 bits per heavy atom. The van der Waals surface area contributed by atoms with Gasteiger partial charge in [0, 0.05) is 31.6 Å². The zero-order chi connectivity index (χ0) is 18.6. The van der Waals surface area contributed by atoms with Crippen LogP contribution in [0, 0.1) is 17.6 Å². The molecular weight excluding hydrogens is 332 g/mol. The summed E-state index contributed by atoms with van der Waals surface area (Å²) in [5, 5.41) is 11.4. The Labute approximate surface area is 145 Å². The highest BCUT2D eigenvalue weighted by Crippen LogP contribution is 2.26. The molecule has 0 saturated carbocycles. The number of nitrogens with zero attached hydrogens (tertiary/aromatic N) is 2. The van der Waals surface area contributed by atoms with E-state index in [0.717, 1.165) is 6.07 Å². The van der Waals surface area contributed by atoms with Crippen molar-refractivity contribution in [2.24, 2.45) is 5.92 Å². The van der Waals surface area contributed by atoms with Crippen LogP contribution in [0.4, 0.5) is 19.3 Å². The number of carbonyl (C=O) groups is 2. The summed E-state index contributed by atoms with van der Waals surface area (Å²) in [6, 6.07) is 2.68. The number of urea groups is 1. The summed E-state index contributed by atoms with van der Waals surface area (Å²) in [6.45, 7) is 0.881. The average Bonchev–Trinajstić information content (AvgIpc) is 2.55. The summed E-state index contributed by atoms with van der Waals surface area (Å²) >= 11 is 0. The summed E-state index contributed by atoms with van der Waals surface area (Å²) in [7, 11) is 3.87. The molecule has 2 N–H and O–H groups in total. The molecule has 6 nitrogen and oxygen atoms in total. The SMILES string of the molecule is CN(C)[C@H]1CCN(C(=O)Nc2ccc(F)cc2F)C[C@H]1CCC(=O)O. The number of anilines is 1. The maximum Gasteiger partial charge on any atom is 0.321 e. The van der Waals surface area contributed by atoms with Gasteiger partial charge in [0.1, 0.15) is 11.6 Å². The van der Waals surface area contributed by atoms with Gasteiger partial charge in [-0.25, -0.2) is 13.6 Å². The fourth-order valence-electron chi connectivity index (χ4n) is 3.26. The third kappa shape index (κ3) is 5.12. The molecule has 25 heavy (non-hydrogen) atoms. The van der Waals surface area contributed by atoms with Crippen LogP contribution in [0.1, 0.15) is 19.3 Å². The van der Waals surface area contributed by atoms with Crippen LogP contribution < -0.4 is 5.32 Å². The third-order valence-electron chi connectivity index (χ3n) is 4.55. The first kappa shape index (κ1) is 19.1. The van der Waals surface area contributed by atoms with Gasteiger partial charge in [0.05, 0.1) is 5.69 Å². The maximum atomic E-state index is 13.7. The van der Waals surface area contributed by atoms with Crippen molar-refractivity contribution in [2.45, 2.75) is 25.3 Å². The van der Waals surface area contributed by atoms with Gasteiger partial charge in [-0.1, -0.05) is 0 Å². The minimum Gasteiger partial charge on any atom is -0.481 e. The van der Waals surface area contributed by atoms with Crippen molar-refractivity contribution in [3.8, 4) is 0 Å². The molecular formula is C17H23F2N3O3. The van der Waals surface area contributed by atoms with Crippen molar-refractivity contribution >= 4 is 17.7 Å². The highest BCUT2D eigenvalue weighted by Gasteiger charge is 2.33. The quantitative estimate of drug-likeness (QED) is 0.852. The Hall–Kier alpha value is -2.22. The molecule has 0 unspecified atom stereocenters. The van der Waals surface area contributed by atoms with Crippen LogP contribution >= 0.6 is 0 Å². The number of hydrogen-bond donors (Lipinski definition) is 2. The van der Waals surface area contributed by atoms with E-state index >= 15 is 0 Å². The number of aliphatic carboxylic acids is 1. The van der Waals surface area contributed by atoms with Crippen LogP contribution in [0.3, 0.4) is 0 Å². The van der Waals surface area contributed by atoms with Crippen LogP contribution in [0.5, 0.6) is 0 Å². The van der Waals surface area contributed by atoms with Gasteiger partial charge in [-0.15, -0.1) is 0 Å². The molecule has 1 aliphatic rings. The smallest absolute Gasteiger partial charge is 0.321 e. The highest BCUT2D eigenvalue weighted by atomic mass is 19.1. The average molecular weight is 355 g/mol. The van der Waals surface area contributed by atoms with Crippen molar-refractivity contribution in [2.75, 3.05) is 32.5 Å². The van der Waals surface area contributed by atoms with Crippen molar-refractivity contribution in [1.82, 2.24) is 9.80 Å². The number of carbonyl (C=O) groups excluding carboxylic acids is 1. The Morgan fingerprint density at radius 1 is 1.36 bits per heavy atom. The normalized spacial score (nSPS) is 20.6. The molecule has 8 heteroatoms. The molecule has 0 aliphatic carbocycles. The number of rotatable bonds is 5. The molecule has 0 radical (unpaired) electrons. The van der Waals surface area contributed by atoms with Gasteiger partial charge >= 0.3 is 12.0 Å². The van der Waals surface area contributed by atoms with Crippen LogP contribution in [-0.2, 0) is 4.79 Å². The van der Waals surface area contributed by atoms with Gasteiger partial charge < -0.3 is 20.2 Å². The second kappa shape index (κ2) is 8.24. The van der Waals surface area contributed by atoms with E-state index in [9.17, 15) is 18.4 Å². The van der Waals surface area contributed by atoms with E-state index in [0.29, 0.717) is 32.0 Å². The summed E-state index contributed by atoms with van der Waals surface area (Å²) in [5.74, 6) is -2.40. The first-order valence-electron chi connectivity index (χ1n) is 8.17. The Morgan fingerprint density at radius 2 is 2.08 bits per heavy atom. The van der Waals surface area contributed by atoms with E-state index in [2.05, 4.69) is 5.32 Å². The standard InChI is InChI=1S/C17H23F2N3O3/c1-21(2)15-7-8-22(10-11(15)3-6-16(23)24)17(25)20-14-5-4-12(18)9-13(14)19/h4-5,9,11,15H,3,6-8,10H2,1-2H3,(H,20,25)(H,23,24)/t11-,15+/m1/s1. The number of halogens is 2. The van der Waals surface area contributed by atoms with Crippen molar-refractivity contribution in [1.29, 1.82) is 0 Å². The lowest BCUT2D eigenvalue weighted by Crippen LogP contribution is -2.51. The first-order chi connectivity index (χ1) is 11.8. The Kier molecular flexibility index (Phi) is 6.30. The lowest BCUT2D eigenvalue weighted by Gasteiger charge is -2.41. The fraction of sp³-hybridized carbons (Fsp3) is 0.529. The summed E-state index contributed by atoms with van der Waals surface area (Å²) in [4.78, 5) is 26.8. The number of likely N-dealkylation sites (tertiary alicyclic amines) is 1. The van der Waals surface area contributed by atoms with E-state index in [1.165, 1.54) is 6.07 Å². The number of nitrogens with one attached hydrogen (secondary N) is 1. The molecule has 0 aromatic heterocycles. The highest BCUT2D eigenvalue weighted by molar-refractivity contribution is 5.89. The number of piperidine rings is 1. The first-order valence-corrected chi connectivity index (χ1v) is 8.17. The summed E-state index contributed by atoms with van der Waals surface area (Å²) in [6.07, 6.45) is 1.21. The lowest BCUT2D eigenvalue weighted by atomic mass is 9.87. The fourth-order valence-corrected chi connectivity index (χ4v) is 3.26. The number of benzene rings is 1. The summed E-state index contributed by atoms with van der Waals surface area (Å²) in [5.41, 5.74) is -0.0804. The minimum absolute atomic E-state index is 0.0173. The van der Waals surface area contributed by atoms with E-state index < -0.39 is 23.6 Å². The second-order valence-corrected chi connectivity index (χ2v) is 6.51. The topological polar surface area (TPSA) is 72.9 Å². The molecule has 2 amide bonds. The maximum absolute atomic E-state index is 13.7. The number of carboxylic acids is 1. The van der Waals surface area contributed by atoms with Crippen molar-refractivity contribution in [3.05, 3.63) is 29.8 Å². The van der Waals surface area contributed by atoms with Crippen LogP contribution in [0.15, 0.2) is 18.2 Å². The van der Waals surface area contributed by atoms with Crippen molar-refractivity contribution in [3.63, 3.8) is 0 Å². The monoisotopic (exact) mass is 355 g/mol. The lowest BCUT2D eigenvalue weighted by molar-refractivity contribution is -0.137. The molecule has 1 aliphatic heterocycles. The van der Waals surface area contributed by atoms with E-state index in [1.807, 2.05) is 19.0 Å². The van der Waals surface area contributed by atoms with Crippen LogP contribution in [-0.4, -0.2) is 60.1 Å². The number of carboxylic acid groups (broad SMARTS) is 1. The molecule has 0 spiro atoms. The number of amides is 2. The van der Waals surface area contributed by atoms with Gasteiger partial charge in [0.25, 0.3) is 0 Å². The van der Waals surface area contributed by atoms with Gasteiger partial charge in [0.15, 0.2) is 0 Å². The largest absolute Gasteiger partial charge is 0.481 e. The molecule has 1 saturated heterocycles. The van der Waals surface area contributed by atoms with Crippen molar-refractivity contribution < 1.29 is 23.5 Å². The molecule has 1 aromatic rings. The van der Waals surface area contributed by atoms with Gasteiger partial charge in [-0.05, 0) is 45.0 Å². The molecule has 138 valence electrons. The minimum atomic E-state index is -0.868. The Bertz CT molecular complexity index is 640. The predicted molar refractivity (Wildman–Crippen MR) is 89.4 cm³/mol. The molecule has 1 fully saturated rings. The van der Waals surface area contributed by atoms with Gasteiger partial charge in [0.2, 0.25) is 0 Å². The third-order valence-corrected chi connectivity index (χ3v) is 4.55. The molecule has 1 heterocycles. The van der Waals surface area contributed by atoms with Gasteiger partial charge in [-0.3, -0.25) is 4.79 Å². The van der Waals surface area contributed by atoms with Crippen LogP contribution in [0.2, 0.25) is 0 Å². The van der Waals surface area contributed by atoms with E-state index in [1.54, 1.807) is 4.90 Å². The zero-order valence-corrected chi connectivity index (χ0v) is 14.3. The Balaban J connectivity index is 2.03. The molecule has 0 bridgehead atoms. The van der Waals surface area contributed by atoms with E-state index in [4.69, 9.17) is 5.11 Å². The van der Waals surface area contributed by atoms with Crippen LogP contribution in [0.25, 0.3) is 0 Å². The molecule has 2 rings (SSSR count). The van der Waals surface area contributed by atoms with Gasteiger partial charge in [-0.2, -0.15) is 0 Å². The van der Waals surface area contributed by atoms with E-state index in [-0.39, 0.29) is 24.1 Å². The second-order valence-electron chi connectivity index (χ2n) is 6.51. The number of hydrogen-bond acceptors (Lipinski definition) is 3. The predicted octanol–water partition coefficient (Wildman–Crippen LogP) is 2.61. The molecule has 1 aromatic carbocycles.